The predicted octanol–water partition coefficient (Wildman–Crippen LogP) is 5.90. The van der Waals surface area contributed by atoms with Crippen molar-refractivity contribution in [3.05, 3.63) is 67.6 Å². The third-order valence-electron chi connectivity index (χ3n) is 4.22. The van der Waals surface area contributed by atoms with Crippen LogP contribution in [0.3, 0.4) is 0 Å². The van der Waals surface area contributed by atoms with Crippen LogP contribution in [-0.4, -0.2) is 25.4 Å². The Morgan fingerprint density at radius 3 is 1.48 bits per heavy atom. The van der Waals surface area contributed by atoms with Gasteiger partial charge in [0.1, 0.15) is 24.4 Å². The fourth-order valence-electron chi connectivity index (χ4n) is 2.81. The molecule has 0 aromatic heterocycles. The molecular weight excluding hydrogens is 406 g/mol. The first kappa shape index (κ1) is 17.9. The molecule has 4 atom stereocenters. The van der Waals surface area contributed by atoms with Gasteiger partial charge in [-0.1, -0.05) is 58.5 Å². The van der Waals surface area contributed by atoms with E-state index in [9.17, 15) is 0 Å². The van der Waals surface area contributed by atoms with Crippen LogP contribution < -0.4 is 0 Å². The maximum absolute atomic E-state index is 6.41. The lowest BCUT2D eigenvalue weighted by Gasteiger charge is -2.25. The average molecular weight is 420 g/mol. The van der Waals surface area contributed by atoms with E-state index in [0.29, 0.717) is 33.3 Å². The Kier molecular flexibility index (Phi) is 5.18. The highest BCUT2D eigenvalue weighted by molar-refractivity contribution is 6.35. The summed E-state index contributed by atoms with van der Waals surface area (Å²) in [6.45, 7) is 1.24. The third kappa shape index (κ3) is 4.09. The van der Waals surface area contributed by atoms with Crippen molar-refractivity contribution in [1.29, 1.82) is 0 Å². The van der Waals surface area contributed by atoms with Gasteiger partial charge in [0.25, 0.3) is 0 Å². The van der Waals surface area contributed by atoms with E-state index < -0.39 is 0 Å². The summed E-state index contributed by atoms with van der Waals surface area (Å²) in [5.41, 5.74) is 1.67. The number of ether oxygens (including phenoxy) is 3. The molecule has 0 spiro atoms. The number of halogens is 4. The summed E-state index contributed by atoms with van der Waals surface area (Å²) in [6.07, 6.45) is -0.756. The van der Waals surface area contributed by atoms with E-state index in [0.717, 1.165) is 11.1 Å². The molecular formula is C18H14Cl4O3. The molecule has 2 saturated heterocycles. The van der Waals surface area contributed by atoms with Crippen molar-refractivity contribution in [2.75, 3.05) is 13.2 Å². The van der Waals surface area contributed by atoms with Crippen LogP contribution in [0.5, 0.6) is 0 Å². The van der Waals surface area contributed by atoms with Gasteiger partial charge in [0, 0.05) is 31.2 Å². The summed E-state index contributed by atoms with van der Waals surface area (Å²) in [6, 6.07) is 10.7. The average Bonchev–Trinajstić information content (AvgIpc) is 3.45. The third-order valence-corrected chi connectivity index (χ3v) is 5.35. The zero-order valence-electron chi connectivity index (χ0n) is 12.9. The van der Waals surface area contributed by atoms with Crippen molar-refractivity contribution in [3.8, 4) is 0 Å². The summed E-state index contributed by atoms with van der Waals surface area (Å²) >= 11 is 24.8. The lowest BCUT2D eigenvalue weighted by atomic mass is 10.0. The van der Waals surface area contributed by atoms with Crippen LogP contribution in [0, 0.1) is 0 Å². The Hall–Kier alpha value is -0.520. The van der Waals surface area contributed by atoms with Gasteiger partial charge in [-0.2, -0.15) is 0 Å². The smallest absolute Gasteiger partial charge is 0.113 e. The van der Waals surface area contributed by atoms with Gasteiger partial charge in [0.05, 0.1) is 13.2 Å². The van der Waals surface area contributed by atoms with Gasteiger partial charge in [0.2, 0.25) is 0 Å². The zero-order valence-corrected chi connectivity index (χ0v) is 15.9. The molecule has 2 aromatic rings. The number of epoxide rings is 2. The first-order valence-corrected chi connectivity index (χ1v) is 9.32. The molecule has 0 N–H and O–H groups in total. The monoisotopic (exact) mass is 418 g/mol. The van der Waals surface area contributed by atoms with Gasteiger partial charge in [0.15, 0.2) is 0 Å². The molecule has 25 heavy (non-hydrogen) atoms. The van der Waals surface area contributed by atoms with Crippen LogP contribution in [0.25, 0.3) is 0 Å². The second-order valence-electron chi connectivity index (χ2n) is 6.05. The summed E-state index contributed by atoms with van der Waals surface area (Å²) in [5.74, 6) is 0. The minimum absolute atomic E-state index is 0.0500. The molecule has 2 aromatic carbocycles. The minimum Gasteiger partial charge on any atom is -0.370 e. The molecule has 3 nitrogen and oxygen atoms in total. The topological polar surface area (TPSA) is 34.3 Å². The first-order chi connectivity index (χ1) is 12.0. The molecule has 0 radical (unpaired) electrons. The van der Waals surface area contributed by atoms with E-state index in [1.807, 2.05) is 12.1 Å². The van der Waals surface area contributed by atoms with E-state index in [1.54, 1.807) is 24.3 Å². The molecule has 0 saturated carbocycles. The molecule has 2 aliphatic heterocycles. The predicted molar refractivity (Wildman–Crippen MR) is 99.0 cm³/mol. The van der Waals surface area contributed by atoms with Crippen LogP contribution in [0.1, 0.15) is 23.3 Å². The molecule has 4 rings (SSSR count). The van der Waals surface area contributed by atoms with Crippen molar-refractivity contribution < 1.29 is 14.2 Å². The number of benzene rings is 2. The van der Waals surface area contributed by atoms with Crippen molar-refractivity contribution >= 4 is 46.4 Å². The van der Waals surface area contributed by atoms with Crippen LogP contribution >= 0.6 is 46.4 Å². The van der Waals surface area contributed by atoms with Gasteiger partial charge in [-0.25, -0.2) is 0 Å². The fourth-order valence-corrected chi connectivity index (χ4v) is 3.84. The largest absolute Gasteiger partial charge is 0.370 e. The van der Waals surface area contributed by atoms with E-state index in [1.165, 1.54) is 0 Å². The minimum atomic E-state index is -0.328. The van der Waals surface area contributed by atoms with Gasteiger partial charge < -0.3 is 14.2 Å². The van der Waals surface area contributed by atoms with E-state index >= 15 is 0 Å². The lowest BCUT2D eigenvalue weighted by Crippen LogP contribution is -2.19. The number of hydrogen-bond acceptors (Lipinski definition) is 3. The Morgan fingerprint density at radius 1 is 0.760 bits per heavy atom. The molecule has 4 unspecified atom stereocenters. The maximum atomic E-state index is 6.41. The summed E-state index contributed by atoms with van der Waals surface area (Å²) in [4.78, 5) is 0. The molecule has 2 aliphatic rings. The molecule has 7 heteroatoms. The van der Waals surface area contributed by atoms with Crippen LogP contribution in [0.4, 0.5) is 0 Å². The Morgan fingerprint density at radius 2 is 1.16 bits per heavy atom. The molecule has 0 amide bonds. The number of hydrogen-bond donors (Lipinski definition) is 0. The van der Waals surface area contributed by atoms with Crippen molar-refractivity contribution in [2.45, 2.75) is 24.4 Å². The molecule has 2 heterocycles. The van der Waals surface area contributed by atoms with Gasteiger partial charge in [-0.3, -0.25) is 0 Å². The summed E-state index contributed by atoms with van der Waals surface area (Å²) in [7, 11) is 0. The van der Waals surface area contributed by atoms with Gasteiger partial charge >= 0.3 is 0 Å². The molecule has 0 bridgehead atoms. The van der Waals surface area contributed by atoms with Gasteiger partial charge in [-0.05, 0) is 24.3 Å². The highest BCUT2D eigenvalue weighted by atomic mass is 35.5. The Bertz CT molecular complexity index is 724. The Labute approximate surface area is 165 Å². The number of rotatable bonds is 6. The quantitative estimate of drug-likeness (QED) is 0.547. The van der Waals surface area contributed by atoms with Crippen molar-refractivity contribution in [2.24, 2.45) is 0 Å². The second-order valence-corrected chi connectivity index (χ2v) is 7.74. The van der Waals surface area contributed by atoms with E-state index in [2.05, 4.69) is 0 Å². The van der Waals surface area contributed by atoms with E-state index in [4.69, 9.17) is 60.6 Å². The SMILES string of the molecule is Clc1ccc(C(OC(c2ccc(Cl)cc2Cl)C2CO2)C2CO2)c(Cl)c1. The molecule has 132 valence electrons. The standard InChI is InChI=1S/C18H14Cl4O3/c19-9-1-3-11(13(21)5-9)17(15-7-23-15)25-18(16-8-24-16)12-4-2-10(20)6-14(12)22/h1-6,15-18H,7-8H2. The van der Waals surface area contributed by atoms with E-state index in [-0.39, 0.29) is 24.4 Å². The summed E-state index contributed by atoms with van der Waals surface area (Å²) < 4.78 is 17.4. The first-order valence-electron chi connectivity index (χ1n) is 7.81. The zero-order chi connectivity index (χ0) is 17.6. The lowest BCUT2D eigenvalue weighted by molar-refractivity contribution is -0.0418. The van der Waals surface area contributed by atoms with Crippen LogP contribution in [-0.2, 0) is 14.2 Å². The highest BCUT2D eigenvalue weighted by Gasteiger charge is 2.43. The molecule has 2 fully saturated rings. The van der Waals surface area contributed by atoms with Crippen LogP contribution in [0.15, 0.2) is 36.4 Å². The normalized spacial score (nSPS) is 24.0. The molecule has 0 aliphatic carbocycles. The highest BCUT2D eigenvalue weighted by Crippen LogP contribution is 2.44. The van der Waals surface area contributed by atoms with Gasteiger partial charge in [-0.15, -0.1) is 0 Å². The summed E-state index contributed by atoms with van der Waals surface area (Å²) in [5, 5.41) is 2.25. The van der Waals surface area contributed by atoms with Crippen molar-refractivity contribution in [3.63, 3.8) is 0 Å². The van der Waals surface area contributed by atoms with Crippen molar-refractivity contribution in [1.82, 2.24) is 0 Å². The fraction of sp³-hybridized carbons (Fsp3) is 0.333. The van der Waals surface area contributed by atoms with Crippen LogP contribution in [0.2, 0.25) is 20.1 Å². The Balaban J connectivity index is 1.65. The second kappa shape index (κ2) is 7.24. The maximum Gasteiger partial charge on any atom is 0.113 e.